The van der Waals surface area contributed by atoms with Gasteiger partial charge in [0.05, 0.1) is 0 Å². The summed E-state index contributed by atoms with van der Waals surface area (Å²) in [6.45, 7) is 0.884. The molecular formula is C35H34N2O3. The highest BCUT2D eigenvalue weighted by Crippen LogP contribution is 2.28. The lowest BCUT2D eigenvalue weighted by molar-refractivity contribution is -0.123. The van der Waals surface area contributed by atoms with Crippen LogP contribution in [0, 0.1) is 0 Å². The molecular weight excluding hydrogens is 496 g/mol. The van der Waals surface area contributed by atoms with Crippen molar-refractivity contribution in [2.75, 3.05) is 13.1 Å². The summed E-state index contributed by atoms with van der Waals surface area (Å²) in [4.78, 5) is 30.1. The zero-order valence-corrected chi connectivity index (χ0v) is 22.6. The van der Waals surface area contributed by atoms with Gasteiger partial charge in [-0.3, -0.25) is 14.6 Å². The van der Waals surface area contributed by atoms with E-state index in [-0.39, 0.29) is 11.9 Å². The maximum absolute atomic E-state index is 13.6. The molecule has 0 spiro atoms. The molecule has 0 unspecified atom stereocenters. The summed E-state index contributed by atoms with van der Waals surface area (Å²) in [7, 11) is 0. The normalized spacial score (nSPS) is 14.2. The fourth-order valence-electron chi connectivity index (χ4n) is 4.97. The minimum atomic E-state index is -0.230. The van der Waals surface area contributed by atoms with Crippen molar-refractivity contribution in [3.05, 3.63) is 144 Å². The van der Waals surface area contributed by atoms with Gasteiger partial charge in [0.1, 0.15) is 17.2 Å². The molecule has 4 aromatic carbocycles. The number of carbonyl (C=O) groups excluding carboxylic acids is 2. The van der Waals surface area contributed by atoms with E-state index in [1.165, 1.54) is 16.0 Å². The third-order valence-electron chi connectivity index (χ3n) is 7.06. The molecule has 40 heavy (non-hydrogen) atoms. The van der Waals surface area contributed by atoms with Crippen molar-refractivity contribution in [1.82, 2.24) is 9.80 Å². The number of ether oxygens (including phenoxy) is 1. The van der Waals surface area contributed by atoms with Crippen LogP contribution in [0.25, 0.3) is 0 Å². The van der Waals surface area contributed by atoms with E-state index in [9.17, 15) is 9.59 Å². The second kappa shape index (κ2) is 13.4. The molecule has 0 N–H and O–H groups in total. The van der Waals surface area contributed by atoms with E-state index in [2.05, 4.69) is 24.3 Å². The highest BCUT2D eigenvalue weighted by molar-refractivity contribution is 6.11. The first-order valence-electron chi connectivity index (χ1n) is 13.9. The topological polar surface area (TPSA) is 49.9 Å². The van der Waals surface area contributed by atoms with Crippen LogP contribution in [0.4, 0.5) is 4.79 Å². The molecule has 3 amide bonds. The van der Waals surface area contributed by atoms with Gasteiger partial charge in [0.15, 0.2) is 0 Å². The molecule has 1 aliphatic heterocycles. The SMILES string of the molecule is O=C1/C(=C/Cc2ccccc2Oc2ccccc2)N(CCCc2ccccc2)C(=O)N1CCCc1ccccc1. The summed E-state index contributed by atoms with van der Waals surface area (Å²) in [5.41, 5.74) is 3.82. The lowest BCUT2D eigenvalue weighted by Gasteiger charge is -2.17. The van der Waals surface area contributed by atoms with Gasteiger partial charge in [-0.25, -0.2) is 4.79 Å². The Bertz CT molecular complexity index is 1440. The summed E-state index contributed by atoms with van der Waals surface area (Å²) >= 11 is 0. The third kappa shape index (κ3) is 6.86. The molecule has 0 bridgehead atoms. The van der Waals surface area contributed by atoms with Gasteiger partial charge in [0.2, 0.25) is 0 Å². The van der Waals surface area contributed by atoms with Crippen LogP contribution in [-0.2, 0) is 24.1 Å². The Hall–Kier alpha value is -4.64. The number of hydrogen-bond acceptors (Lipinski definition) is 3. The van der Waals surface area contributed by atoms with Crippen LogP contribution >= 0.6 is 0 Å². The first kappa shape index (κ1) is 26.9. The molecule has 1 aliphatic rings. The van der Waals surface area contributed by atoms with Crippen LogP contribution in [0.1, 0.15) is 29.5 Å². The molecule has 5 nitrogen and oxygen atoms in total. The van der Waals surface area contributed by atoms with Gasteiger partial charge in [-0.05, 0) is 67.0 Å². The number of benzene rings is 4. The van der Waals surface area contributed by atoms with E-state index in [0.29, 0.717) is 25.2 Å². The van der Waals surface area contributed by atoms with Crippen molar-refractivity contribution < 1.29 is 14.3 Å². The minimum Gasteiger partial charge on any atom is -0.457 e. The maximum atomic E-state index is 13.6. The Labute approximate surface area is 236 Å². The molecule has 0 atom stereocenters. The second-order valence-corrected chi connectivity index (χ2v) is 9.89. The highest BCUT2D eigenvalue weighted by atomic mass is 16.5. The van der Waals surface area contributed by atoms with Gasteiger partial charge < -0.3 is 4.74 Å². The van der Waals surface area contributed by atoms with E-state index in [4.69, 9.17) is 4.74 Å². The van der Waals surface area contributed by atoms with Gasteiger partial charge in [-0.2, -0.15) is 0 Å². The lowest BCUT2D eigenvalue weighted by atomic mass is 10.1. The van der Waals surface area contributed by atoms with E-state index < -0.39 is 0 Å². The Kier molecular flexibility index (Phi) is 9.05. The highest BCUT2D eigenvalue weighted by Gasteiger charge is 2.40. The molecule has 0 saturated carbocycles. The Morgan fingerprint density at radius 2 is 1.12 bits per heavy atom. The van der Waals surface area contributed by atoms with Crippen LogP contribution in [0.15, 0.2) is 127 Å². The Balaban J connectivity index is 1.32. The summed E-state index contributed by atoms with van der Waals surface area (Å²) in [6, 6.07) is 37.6. The zero-order chi connectivity index (χ0) is 27.6. The largest absolute Gasteiger partial charge is 0.457 e. The quantitative estimate of drug-likeness (QED) is 0.141. The van der Waals surface area contributed by atoms with Gasteiger partial charge in [0, 0.05) is 13.1 Å². The number of nitrogens with zero attached hydrogens (tertiary/aromatic N) is 2. The summed E-state index contributed by atoms with van der Waals surface area (Å²) in [6.07, 6.45) is 5.51. The van der Waals surface area contributed by atoms with Gasteiger partial charge >= 0.3 is 6.03 Å². The number of hydrogen-bond donors (Lipinski definition) is 0. The van der Waals surface area contributed by atoms with Crippen molar-refractivity contribution in [2.24, 2.45) is 0 Å². The number of imide groups is 1. The first-order chi connectivity index (χ1) is 19.7. The van der Waals surface area contributed by atoms with E-state index >= 15 is 0 Å². The fraction of sp³-hybridized carbons (Fsp3) is 0.200. The maximum Gasteiger partial charge on any atom is 0.331 e. The zero-order valence-electron chi connectivity index (χ0n) is 22.6. The average molecular weight is 531 g/mol. The Morgan fingerprint density at radius 3 is 1.75 bits per heavy atom. The minimum absolute atomic E-state index is 0.223. The molecule has 202 valence electrons. The molecule has 0 aromatic heterocycles. The van der Waals surface area contributed by atoms with Crippen molar-refractivity contribution >= 4 is 11.9 Å². The van der Waals surface area contributed by atoms with Crippen LogP contribution in [0.3, 0.4) is 0 Å². The molecule has 1 saturated heterocycles. The first-order valence-corrected chi connectivity index (χ1v) is 13.9. The van der Waals surface area contributed by atoms with Crippen LogP contribution in [0.2, 0.25) is 0 Å². The van der Waals surface area contributed by atoms with E-state index in [0.717, 1.165) is 42.7 Å². The summed E-state index contributed by atoms with van der Waals surface area (Å²) < 4.78 is 6.12. The van der Waals surface area contributed by atoms with Crippen LogP contribution in [-0.4, -0.2) is 34.8 Å². The average Bonchev–Trinajstić information content (AvgIpc) is 3.22. The van der Waals surface area contributed by atoms with Gasteiger partial charge in [-0.15, -0.1) is 0 Å². The second-order valence-electron chi connectivity index (χ2n) is 9.89. The third-order valence-corrected chi connectivity index (χ3v) is 7.06. The van der Waals surface area contributed by atoms with Crippen LogP contribution in [0.5, 0.6) is 11.5 Å². The predicted octanol–water partition coefficient (Wildman–Crippen LogP) is 7.44. The van der Waals surface area contributed by atoms with Crippen LogP contribution < -0.4 is 4.74 Å². The standard InChI is InChI=1S/C35H34N2O3/c38-34-32(25-24-30-20-10-11-23-33(30)40-31-21-8-3-9-22-31)36(26-12-18-28-14-4-1-5-15-28)35(39)37(34)27-13-19-29-16-6-2-7-17-29/h1-11,14-17,20-23,25H,12-13,18-19,24,26-27H2/b32-25-. The Morgan fingerprint density at radius 1 is 0.600 bits per heavy atom. The summed E-state index contributed by atoms with van der Waals surface area (Å²) in [5.74, 6) is 1.26. The van der Waals surface area contributed by atoms with Gasteiger partial charge in [-0.1, -0.05) is 103 Å². The number of rotatable bonds is 12. The molecule has 5 rings (SSSR count). The fourth-order valence-corrected chi connectivity index (χ4v) is 4.97. The molecule has 1 fully saturated rings. The predicted molar refractivity (Wildman–Crippen MR) is 158 cm³/mol. The molecule has 1 heterocycles. The molecule has 5 heteroatoms. The number of urea groups is 1. The number of para-hydroxylation sites is 2. The number of aryl methyl sites for hydroxylation is 2. The smallest absolute Gasteiger partial charge is 0.331 e. The van der Waals surface area contributed by atoms with Crippen molar-refractivity contribution in [2.45, 2.75) is 32.1 Å². The van der Waals surface area contributed by atoms with E-state index in [1.54, 1.807) is 4.90 Å². The van der Waals surface area contributed by atoms with Crippen molar-refractivity contribution in [1.29, 1.82) is 0 Å². The number of allylic oxidation sites excluding steroid dienone is 1. The number of amides is 3. The summed E-state index contributed by atoms with van der Waals surface area (Å²) in [5, 5.41) is 0. The van der Waals surface area contributed by atoms with Gasteiger partial charge in [0.25, 0.3) is 5.91 Å². The molecule has 0 aliphatic carbocycles. The lowest BCUT2D eigenvalue weighted by Crippen LogP contribution is -2.34. The van der Waals surface area contributed by atoms with Crippen molar-refractivity contribution in [3.63, 3.8) is 0 Å². The monoisotopic (exact) mass is 530 g/mol. The molecule has 0 radical (unpaired) electrons. The molecule has 4 aromatic rings. The van der Waals surface area contributed by atoms with E-state index in [1.807, 2.05) is 97.1 Å². The van der Waals surface area contributed by atoms with Crippen molar-refractivity contribution in [3.8, 4) is 11.5 Å². The number of carbonyl (C=O) groups is 2.